The van der Waals surface area contributed by atoms with E-state index in [1.54, 1.807) is 0 Å². The highest BCUT2D eigenvalue weighted by Crippen LogP contribution is 2.06. The first kappa shape index (κ1) is 23.7. The van der Waals surface area contributed by atoms with Crippen LogP contribution in [0.3, 0.4) is 0 Å². The Kier molecular flexibility index (Phi) is 11.8. The van der Waals surface area contributed by atoms with Crippen molar-refractivity contribution >= 4 is 41.4 Å². The van der Waals surface area contributed by atoms with Crippen molar-refractivity contribution in [1.82, 2.24) is 16.0 Å². The van der Waals surface area contributed by atoms with Crippen LogP contribution in [0.1, 0.15) is 33.1 Å². The van der Waals surface area contributed by atoms with Crippen LogP contribution < -0.4 is 16.0 Å². The predicted molar refractivity (Wildman–Crippen MR) is 94.7 cm³/mol. The lowest BCUT2D eigenvalue weighted by Crippen LogP contribution is -2.49. The van der Waals surface area contributed by atoms with Crippen LogP contribution in [-0.4, -0.2) is 70.0 Å². The fourth-order valence-corrected chi connectivity index (χ4v) is 2.78. The second-order valence-electron chi connectivity index (χ2n) is 5.44. The van der Waals surface area contributed by atoms with Crippen molar-refractivity contribution in [2.75, 3.05) is 18.1 Å². The minimum atomic E-state index is -1.26. The molecule has 0 bridgehead atoms. The van der Waals surface area contributed by atoms with Crippen LogP contribution in [0.5, 0.6) is 0 Å². The van der Waals surface area contributed by atoms with Crippen molar-refractivity contribution in [3.8, 4) is 0 Å². The molecule has 0 aliphatic rings. The van der Waals surface area contributed by atoms with Crippen LogP contribution in [0, 0.1) is 0 Å². The molecule has 0 spiro atoms. The summed E-state index contributed by atoms with van der Waals surface area (Å²) in [5.41, 5.74) is 0. The summed E-state index contributed by atoms with van der Waals surface area (Å²) in [4.78, 5) is 56.6. The first-order valence-corrected chi connectivity index (χ1v) is 9.19. The van der Waals surface area contributed by atoms with Gasteiger partial charge in [0.1, 0.15) is 18.6 Å². The predicted octanol–water partition coefficient (Wildman–Crippen LogP) is -0.815. The van der Waals surface area contributed by atoms with E-state index in [9.17, 15) is 24.0 Å². The van der Waals surface area contributed by atoms with Gasteiger partial charge in [0, 0.05) is 19.1 Å². The van der Waals surface area contributed by atoms with Gasteiger partial charge in [0.05, 0.1) is 0 Å². The first-order valence-electron chi connectivity index (χ1n) is 8.03. The van der Waals surface area contributed by atoms with Crippen LogP contribution >= 0.6 is 11.8 Å². The summed E-state index contributed by atoms with van der Waals surface area (Å²) < 4.78 is 0. The molecule has 148 valence electrons. The quantitative estimate of drug-likeness (QED) is 0.254. The van der Waals surface area contributed by atoms with Crippen molar-refractivity contribution in [2.45, 2.75) is 45.2 Å². The minimum Gasteiger partial charge on any atom is -0.480 e. The van der Waals surface area contributed by atoms with Gasteiger partial charge in [-0.2, -0.15) is 11.8 Å². The Labute approximate surface area is 155 Å². The van der Waals surface area contributed by atoms with Crippen molar-refractivity contribution < 1.29 is 34.2 Å². The number of amides is 3. The van der Waals surface area contributed by atoms with Gasteiger partial charge in [-0.05, 0) is 18.6 Å². The molecule has 11 heteroatoms. The van der Waals surface area contributed by atoms with E-state index < -0.39 is 48.3 Å². The molecule has 10 nitrogen and oxygen atoms in total. The summed E-state index contributed by atoms with van der Waals surface area (Å²) in [6, 6.07) is -2.13. The van der Waals surface area contributed by atoms with Gasteiger partial charge < -0.3 is 26.2 Å². The molecular formula is C15H25N3O7S. The molecule has 0 fully saturated rings. The van der Waals surface area contributed by atoms with Crippen molar-refractivity contribution in [3.63, 3.8) is 0 Å². The topological polar surface area (TPSA) is 162 Å². The van der Waals surface area contributed by atoms with E-state index in [0.29, 0.717) is 0 Å². The minimum absolute atomic E-state index is 0.133. The van der Waals surface area contributed by atoms with Gasteiger partial charge >= 0.3 is 11.9 Å². The highest BCUT2D eigenvalue weighted by molar-refractivity contribution is 7.99. The summed E-state index contributed by atoms with van der Waals surface area (Å²) in [5.74, 6) is -3.15. The summed E-state index contributed by atoms with van der Waals surface area (Å²) >= 11 is 1.43. The second-order valence-corrected chi connectivity index (χ2v) is 6.59. The number of thioether (sulfide) groups is 1. The zero-order chi connectivity index (χ0) is 20.1. The molecule has 0 saturated carbocycles. The monoisotopic (exact) mass is 391 g/mol. The van der Waals surface area contributed by atoms with Crippen LogP contribution in [0.15, 0.2) is 0 Å². The van der Waals surface area contributed by atoms with Gasteiger partial charge in [-0.1, -0.05) is 6.92 Å². The maximum absolute atomic E-state index is 12.0. The summed E-state index contributed by atoms with van der Waals surface area (Å²) in [5, 5.41) is 24.5. The number of carboxylic acid groups (broad SMARTS) is 2. The fourth-order valence-electron chi connectivity index (χ4n) is 1.86. The number of hydrogen-bond donors (Lipinski definition) is 5. The molecule has 0 saturated heterocycles. The third-order valence-electron chi connectivity index (χ3n) is 3.03. The van der Waals surface area contributed by atoms with E-state index in [1.807, 2.05) is 6.92 Å². The van der Waals surface area contributed by atoms with E-state index in [4.69, 9.17) is 10.2 Å². The first-order chi connectivity index (χ1) is 12.2. The van der Waals surface area contributed by atoms with Crippen LogP contribution in [0.25, 0.3) is 0 Å². The number of rotatable bonds is 13. The second kappa shape index (κ2) is 13.0. The van der Waals surface area contributed by atoms with Crippen LogP contribution in [0.4, 0.5) is 0 Å². The lowest BCUT2D eigenvalue weighted by Gasteiger charge is -2.18. The maximum atomic E-state index is 12.0. The molecule has 0 unspecified atom stereocenters. The molecule has 2 atom stereocenters. The molecule has 5 N–H and O–H groups in total. The molecule has 0 rings (SSSR count). The smallest absolute Gasteiger partial charge is 0.326 e. The van der Waals surface area contributed by atoms with Gasteiger partial charge in [0.25, 0.3) is 0 Å². The largest absolute Gasteiger partial charge is 0.480 e. The van der Waals surface area contributed by atoms with E-state index in [-0.39, 0.29) is 18.6 Å². The van der Waals surface area contributed by atoms with Gasteiger partial charge in [-0.25, -0.2) is 4.79 Å². The fraction of sp³-hybridized carbons (Fsp3) is 0.667. The molecule has 0 aliphatic carbocycles. The molecule has 0 aliphatic heterocycles. The van der Waals surface area contributed by atoms with Crippen molar-refractivity contribution in [3.05, 3.63) is 0 Å². The van der Waals surface area contributed by atoms with E-state index in [1.165, 1.54) is 18.7 Å². The van der Waals surface area contributed by atoms with Crippen LogP contribution in [-0.2, 0) is 24.0 Å². The lowest BCUT2D eigenvalue weighted by molar-refractivity contribution is -0.142. The van der Waals surface area contributed by atoms with Crippen molar-refractivity contribution in [2.24, 2.45) is 0 Å². The van der Waals surface area contributed by atoms with E-state index in [2.05, 4.69) is 16.0 Å². The zero-order valence-corrected chi connectivity index (χ0v) is 15.6. The Morgan fingerprint density at radius 3 is 2.19 bits per heavy atom. The Hall–Kier alpha value is -2.30. The molecule has 3 amide bonds. The summed E-state index contributed by atoms with van der Waals surface area (Å²) in [6.45, 7) is 2.57. The molecule has 0 radical (unpaired) electrons. The number of aliphatic carboxylic acids is 2. The van der Waals surface area contributed by atoms with E-state index >= 15 is 0 Å². The Morgan fingerprint density at radius 2 is 1.69 bits per heavy atom. The molecule has 0 heterocycles. The molecular weight excluding hydrogens is 366 g/mol. The summed E-state index contributed by atoms with van der Waals surface area (Å²) in [7, 11) is 0. The number of hydrogen-bond acceptors (Lipinski definition) is 6. The SMILES string of the molecule is CCCSC[C@H](NC(=O)CC[C@H](NC(C)=O)C(=O)O)C(=O)NCC(=O)O. The average molecular weight is 391 g/mol. The number of nitrogens with one attached hydrogen (secondary N) is 3. The van der Waals surface area contributed by atoms with Gasteiger partial charge in [0.15, 0.2) is 0 Å². The standard InChI is InChI=1S/C15H25N3O7S/c1-3-6-26-8-11(14(23)16-7-13(21)22)18-12(20)5-4-10(15(24)25)17-9(2)19/h10-11H,3-8H2,1-2H3,(H,16,23)(H,17,19)(H,18,20)(H,21,22)(H,24,25)/t10-,11-/m0/s1. The zero-order valence-electron chi connectivity index (χ0n) is 14.7. The third-order valence-corrected chi connectivity index (χ3v) is 4.30. The van der Waals surface area contributed by atoms with E-state index in [0.717, 1.165) is 12.2 Å². The average Bonchev–Trinajstić information content (AvgIpc) is 2.55. The van der Waals surface area contributed by atoms with Gasteiger partial charge in [-0.3, -0.25) is 19.2 Å². The molecule has 0 aromatic rings. The van der Waals surface area contributed by atoms with Crippen molar-refractivity contribution in [1.29, 1.82) is 0 Å². The molecule has 0 aromatic heterocycles. The van der Waals surface area contributed by atoms with Crippen LogP contribution in [0.2, 0.25) is 0 Å². The highest BCUT2D eigenvalue weighted by Gasteiger charge is 2.23. The third kappa shape index (κ3) is 11.3. The highest BCUT2D eigenvalue weighted by atomic mass is 32.2. The lowest BCUT2D eigenvalue weighted by atomic mass is 10.1. The normalized spacial score (nSPS) is 12.5. The van der Waals surface area contributed by atoms with Gasteiger partial charge in [0.2, 0.25) is 17.7 Å². The number of carbonyl (C=O) groups is 5. The molecule has 26 heavy (non-hydrogen) atoms. The Balaban J connectivity index is 4.67. The summed E-state index contributed by atoms with van der Waals surface area (Å²) in [6.07, 6.45) is 0.532. The number of carboxylic acids is 2. The van der Waals surface area contributed by atoms with Gasteiger partial charge in [-0.15, -0.1) is 0 Å². The maximum Gasteiger partial charge on any atom is 0.326 e. The number of carbonyl (C=O) groups excluding carboxylic acids is 3. The molecule has 0 aromatic carbocycles. The Bertz CT molecular complexity index is 527. The Morgan fingerprint density at radius 1 is 1.04 bits per heavy atom.